The molecule has 2 nitrogen and oxygen atoms in total. The summed E-state index contributed by atoms with van der Waals surface area (Å²) in [5, 5.41) is 2.78. The predicted molar refractivity (Wildman–Crippen MR) is 108 cm³/mol. The number of quaternary nitrogens is 1. The summed E-state index contributed by atoms with van der Waals surface area (Å²) >= 11 is 0. The monoisotopic (exact) mass is 335 g/mol. The Labute approximate surface area is 151 Å². The summed E-state index contributed by atoms with van der Waals surface area (Å²) in [5.74, 6) is 0.916. The van der Waals surface area contributed by atoms with Crippen LogP contribution in [0.3, 0.4) is 0 Å². The molecule has 4 rings (SSSR count). The summed E-state index contributed by atoms with van der Waals surface area (Å²) in [4.78, 5) is 0. The van der Waals surface area contributed by atoms with E-state index < -0.39 is 0 Å². The van der Waals surface area contributed by atoms with E-state index in [2.05, 4.69) is 74.1 Å². The molecule has 3 aromatic rings. The van der Waals surface area contributed by atoms with E-state index in [9.17, 15) is 0 Å². The van der Waals surface area contributed by atoms with Crippen LogP contribution in [0, 0.1) is 5.92 Å². The third-order valence-corrected chi connectivity index (χ3v) is 6.57. The maximum atomic E-state index is 2.55. The Morgan fingerprint density at radius 3 is 2.08 bits per heavy atom. The van der Waals surface area contributed by atoms with Crippen molar-refractivity contribution < 1.29 is 4.48 Å². The van der Waals surface area contributed by atoms with Crippen LogP contribution in [0.5, 0.6) is 0 Å². The molecule has 0 N–H and O–H groups in total. The first kappa shape index (κ1) is 16.7. The zero-order valence-electron chi connectivity index (χ0n) is 15.9. The van der Waals surface area contributed by atoms with E-state index in [4.69, 9.17) is 0 Å². The number of aryl methyl sites for hydroxylation is 1. The molecule has 1 fully saturated rings. The molecular formula is C23H31N2+. The number of para-hydroxylation sites is 2. The van der Waals surface area contributed by atoms with Gasteiger partial charge < -0.3 is 9.05 Å². The van der Waals surface area contributed by atoms with Crippen LogP contribution in [0.1, 0.15) is 32.6 Å². The molecule has 0 amide bonds. The fourth-order valence-corrected chi connectivity index (χ4v) is 5.03. The highest BCUT2D eigenvalue weighted by molar-refractivity contribution is 6.07. The number of nitrogens with zero attached hydrogens (tertiary/aromatic N) is 2. The lowest BCUT2D eigenvalue weighted by Crippen LogP contribution is -2.54. The minimum Gasteiger partial charge on any atom is -0.340 e. The van der Waals surface area contributed by atoms with Crippen molar-refractivity contribution in [3.63, 3.8) is 0 Å². The Hall–Kier alpha value is -1.80. The summed E-state index contributed by atoms with van der Waals surface area (Å²) in [7, 11) is 4.89. The average molecular weight is 336 g/mol. The quantitative estimate of drug-likeness (QED) is 0.559. The van der Waals surface area contributed by atoms with Crippen molar-refractivity contribution in [1.29, 1.82) is 0 Å². The second kappa shape index (κ2) is 6.49. The molecule has 0 radical (unpaired) electrons. The van der Waals surface area contributed by atoms with Crippen LogP contribution in [0.15, 0.2) is 48.5 Å². The zero-order chi connectivity index (χ0) is 17.4. The molecule has 0 spiro atoms. The van der Waals surface area contributed by atoms with Gasteiger partial charge in [-0.15, -0.1) is 0 Å². The Morgan fingerprint density at radius 2 is 1.52 bits per heavy atom. The van der Waals surface area contributed by atoms with E-state index >= 15 is 0 Å². The van der Waals surface area contributed by atoms with Gasteiger partial charge in [0.2, 0.25) is 0 Å². The minimum atomic E-state index is 0.780. The molecule has 0 bridgehead atoms. The zero-order valence-corrected chi connectivity index (χ0v) is 15.9. The molecule has 0 saturated carbocycles. The van der Waals surface area contributed by atoms with Crippen molar-refractivity contribution in [3.05, 3.63) is 48.5 Å². The van der Waals surface area contributed by atoms with E-state index in [0.29, 0.717) is 0 Å². The lowest BCUT2D eigenvalue weighted by Gasteiger charge is -2.45. The Kier molecular flexibility index (Phi) is 4.33. The highest BCUT2D eigenvalue weighted by Gasteiger charge is 2.35. The van der Waals surface area contributed by atoms with Gasteiger partial charge in [0.1, 0.15) is 0 Å². The van der Waals surface area contributed by atoms with Gasteiger partial charge in [0, 0.05) is 40.7 Å². The van der Waals surface area contributed by atoms with E-state index in [-0.39, 0.29) is 0 Å². The van der Waals surface area contributed by atoms with Crippen LogP contribution in [0.4, 0.5) is 0 Å². The summed E-state index contributed by atoms with van der Waals surface area (Å²) in [5.41, 5.74) is 2.77. The van der Waals surface area contributed by atoms with Gasteiger partial charge >= 0.3 is 0 Å². The van der Waals surface area contributed by atoms with Gasteiger partial charge in [-0.1, -0.05) is 43.3 Å². The first-order valence-electron chi connectivity index (χ1n) is 9.89. The van der Waals surface area contributed by atoms with Crippen molar-refractivity contribution in [2.45, 2.75) is 45.2 Å². The number of fused-ring (bicyclic) bond motifs is 3. The van der Waals surface area contributed by atoms with Crippen LogP contribution >= 0.6 is 0 Å². The van der Waals surface area contributed by atoms with E-state index in [1.165, 1.54) is 58.5 Å². The molecule has 1 aliphatic heterocycles. The lowest BCUT2D eigenvalue weighted by molar-refractivity contribution is -0.924. The van der Waals surface area contributed by atoms with E-state index in [1.807, 2.05) is 0 Å². The molecule has 2 unspecified atom stereocenters. The molecule has 132 valence electrons. The van der Waals surface area contributed by atoms with Crippen LogP contribution in [-0.2, 0) is 6.54 Å². The number of likely N-dealkylation sites (tertiary alicyclic amines) is 1. The number of piperidine rings is 1. The second-order valence-electron chi connectivity index (χ2n) is 8.44. The average Bonchev–Trinajstić information content (AvgIpc) is 2.94. The maximum Gasteiger partial charge on any atom is 0.0903 e. The lowest BCUT2D eigenvalue weighted by atomic mass is 9.88. The van der Waals surface area contributed by atoms with Gasteiger partial charge in [-0.05, 0) is 31.4 Å². The van der Waals surface area contributed by atoms with E-state index in [1.54, 1.807) is 0 Å². The Balaban J connectivity index is 1.63. The molecule has 1 aliphatic rings. The largest absolute Gasteiger partial charge is 0.340 e. The number of hydrogen-bond acceptors (Lipinski definition) is 0. The molecule has 2 atom stereocenters. The standard InChI is InChI=1S/C23H31N2/c1-4-18-13-14-19(25(2,3)17-18)15-16-24-22-11-7-5-9-20(22)21-10-6-8-12-23(21)24/h5-12,18-19H,4,13-17H2,1-3H3/q+1. The van der Waals surface area contributed by atoms with Crippen molar-refractivity contribution in [2.75, 3.05) is 20.6 Å². The van der Waals surface area contributed by atoms with Crippen molar-refractivity contribution in [3.8, 4) is 0 Å². The maximum absolute atomic E-state index is 2.55. The first-order chi connectivity index (χ1) is 12.1. The van der Waals surface area contributed by atoms with Crippen molar-refractivity contribution in [2.24, 2.45) is 5.92 Å². The number of hydrogen-bond donors (Lipinski definition) is 0. The van der Waals surface area contributed by atoms with Gasteiger partial charge in [-0.25, -0.2) is 0 Å². The number of rotatable bonds is 4. The SMILES string of the molecule is CCC1CCC(CCn2c3ccccc3c3ccccc32)[N+](C)(C)C1. The van der Waals surface area contributed by atoms with E-state index in [0.717, 1.165) is 18.5 Å². The molecule has 2 heteroatoms. The van der Waals surface area contributed by atoms with Crippen LogP contribution < -0.4 is 0 Å². The first-order valence-corrected chi connectivity index (χ1v) is 9.89. The van der Waals surface area contributed by atoms with Gasteiger partial charge in [0.05, 0.1) is 26.7 Å². The smallest absolute Gasteiger partial charge is 0.0903 e. The summed E-state index contributed by atoms with van der Waals surface area (Å²) in [6.07, 6.45) is 5.39. The van der Waals surface area contributed by atoms with Gasteiger partial charge in [-0.2, -0.15) is 0 Å². The van der Waals surface area contributed by atoms with Crippen LogP contribution in [0.2, 0.25) is 0 Å². The third kappa shape index (κ3) is 2.97. The fourth-order valence-electron chi connectivity index (χ4n) is 5.03. The molecule has 2 aromatic carbocycles. The van der Waals surface area contributed by atoms with Crippen LogP contribution in [-0.4, -0.2) is 35.7 Å². The fraction of sp³-hybridized carbons (Fsp3) is 0.478. The number of aromatic nitrogens is 1. The predicted octanol–water partition coefficient (Wildman–Crippen LogP) is 5.45. The third-order valence-electron chi connectivity index (χ3n) is 6.57. The summed E-state index contributed by atoms with van der Waals surface area (Å²) in [6.45, 7) is 4.81. The van der Waals surface area contributed by atoms with Gasteiger partial charge in [0.15, 0.2) is 0 Å². The van der Waals surface area contributed by atoms with Crippen molar-refractivity contribution in [1.82, 2.24) is 4.57 Å². The van der Waals surface area contributed by atoms with Gasteiger partial charge in [0.25, 0.3) is 0 Å². The molecule has 25 heavy (non-hydrogen) atoms. The van der Waals surface area contributed by atoms with Crippen molar-refractivity contribution >= 4 is 21.8 Å². The summed E-state index contributed by atoms with van der Waals surface area (Å²) in [6, 6.07) is 18.5. The molecule has 2 heterocycles. The molecular weight excluding hydrogens is 304 g/mol. The summed E-state index contributed by atoms with van der Waals surface area (Å²) < 4.78 is 3.74. The second-order valence-corrected chi connectivity index (χ2v) is 8.44. The highest BCUT2D eigenvalue weighted by Crippen LogP contribution is 2.32. The highest BCUT2D eigenvalue weighted by atomic mass is 15.3. The molecule has 1 aromatic heterocycles. The topological polar surface area (TPSA) is 4.93 Å². The Morgan fingerprint density at radius 1 is 0.920 bits per heavy atom. The minimum absolute atomic E-state index is 0.780. The normalized spacial score (nSPS) is 23.3. The Bertz CT molecular complexity index is 821. The van der Waals surface area contributed by atoms with Gasteiger partial charge in [-0.3, -0.25) is 0 Å². The van der Waals surface area contributed by atoms with Crippen LogP contribution in [0.25, 0.3) is 21.8 Å². The number of benzene rings is 2. The molecule has 0 aliphatic carbocycles. The molecule has 1 saturated heterocycles.